The number of esters is 1. The van der Waals surface area contributed by atoms with E-state index in [0.29, 0.717) is 19.6 Å². The summed E-state index contributed by atoms with van der Waals surface area (Å²) in [6, 6.07) is 20.8. The van der Waals surface area contributed by atoms with Crippen molar-refractivity contribution in [2.45, 2.75) is 37.4 Å². The van der Waals surface area contributed by atoms with Crippen LogP contribution < -0.4 is 0 Å². The van der Waals surface area contributed by atoms with E-state index >= 15 is 0 Å². The second-order valence-corrected chi connectivity index (χ2v) is 9.68. The van der Waals surface area contributed by atoms with Crippen molar-refractivity contribution in [2.75, 3.05) is 13.2 Å². The van der Waals surface area contributed by atoms with E-state index in [0.717, 1.165) is 11.1 Å². The van der Waals surface area contributed by atoms with Crippen molar-refractivity contribution in [3.05, 3.63) is 106 Å². The van der Waals surface area contributed by atoms with Gasteiger partial charge in [-0.05, 0) is 49.6 Å². The van der Waals surface area contributed by atoms with Crippen LogP contribution in [0.3, 0.4) is 0 Å². The third kappa shape index (κ3) is 8.26. The van der Waals surface area contributed by atoms with Gasteiger partial charge in [0.05, 0.1) is 22.0 Å². The molecule has 0 amide bonds. The van der Waals surface area contributed by atoms with Crippen LogP contribution in [0.2, 0.25) is 0 Å². The molecule has 0 bridgehead atoms. The fraction of sp³-hybridized carbons (Fsp3) is 0.269. The minimum absolute atomic E-state index is 0.000241. The summed E-state index contributed by atoms with van der Waals surface area (Å²) >= 11 is 0. The molecule has 190 valence electrons. The Bertz CT molecular complexity index is 1240. The lowest BCUT2D eigenvalue weighted by atomic mass is 10.2. The van der Waals surface area contributed by atoms with Gasteiger partial charge >= 0.3 is 5.97 Å². The highest BCUT2D eigenvalue weighted by Crippen LogP contribution is 2.18. The Morgan fingerprint density at radius 3 is 2.28 bits per heavy atom. The van der Waals surface area contributed by atoms with Gasteiger partial charge in [-0.25, -0.2) is 4.79 Å². The van der Waals surface area contributed by atoms with Crippen molar-refractivity contribution in [3.63, 3.8) is 0 Å². The van der Waals surface area contributed by atoms with Crippen molar-refractivity contribution in [3.8, 4) is 0 Å². The van der Waals surface area contributed by atoms with E-state index in [2.05, 4.69) is 0 Å². The third-order valence-electron chi connectivity index (χ3n) is 5.23. The van der Waals surface area contributed by atoms with Gasteiger partial charge in [0.2, 0.25) is 0 Å². The first-order valence-corrected chi connectivity index (χ1v) is 12.7. The topological polar surface area (TPSA) is 122 Å². The Morgan fingerprint density at radius 2 is 1.64 bits per heavy atom. The molecule has 0 radical (unpaired) electrons. The van der Waals surface area contributed by atoms with Crippen LogP contribution >= 0.6 is 0 Å². The Hall–Kier alpha value is -3.60. The first-order chi connectivity index (χ1) is 17.2. The molecule has 0 heterocycles. The highest BCUT2D eigenvalue weighted by atomic mass is 32.2. The largest absolute Gasteiger partial charge is 0.456 e. The third-order valence-corrected chi connectivity index (χ3v) is 6.53. The number of nitrogens with zero attached hydrogens (tertiary/aromatic N) is 1. The molecule has 3 aromatic rings. The molecule has 0 aromatic heterocycles. The van der Waals surface area contributed by atoms with Gasteiger partial charge in [-0.3, -0.25) is 14.3 Å². The molecule has 0 aliphatic carbocycles. The molecule has 3 aromatic carbocycles. The zero-order chi connectivity index (χ0) is 26.0. The van der Waals surface area contributed by atoms with Gasteiger partial charge in [0.1, 0.15) is 12.7 Å². The van der Waals surface area contributed by atoms with Crippen molar-refractivity contribution in [2.24, 2.45) is 0 Å². The molecule has 0 fully saturated rings. The maximum Gasteiger partial charge on any atom is 0.338 e. The number of hydrogen-bond donors (Lipinski definition) is 0. The van der Waals surface area contributed by atoms with E-state index in [1.165, 1.54) is 36.4 Å². The van der Waals surface area contributed by atoms with Gasteiger partial charge in [-0.1, -0.05) is 48.0 Å². The molecule has 0 spiro atoms. The first-order valence-electron chi connectivity index (χ1n) is 11.3. The van der Waals surface area contributed by atoms with Crippen LogP contribution in [-0.4, -0.2) is 38.6 Å². The number of nitro groups is 1. The number of non-ortho nitro benzene ring substituents is 1. The summed E-state index contributed by atoms with van der Waals surface area (Å²) in [6.07, 6.45) is -0.108. The second kappa shape index (κ2) is 12.9. The highest BCUT2D eigenvalue weighted by Gasteiger charge is 2.22. The van der Waals surface area contributed by atoms with E-state index in [-0.39, 0.29) is 29.2 Å². The lowest BCUT2D eigenvalue weighted by Crippen LogP contribution is -2.26. The van der Waals surface area contributed by atoms with Crippen molar-refractivity contribution < 1.29 is 31.8 Å². The van der Waals surface area contributed by atoms with Crippen LogP contribution in [0.4, 0.5) is 5.69 Å². The second-order valence-electron chi connectivity index (χ2n) is 8.06. The van der Waals surface area contributed by atoms with Crippen molar-refractivity contribution >= 4 is 21.8 Å². The van der Waals surface area contributed by atoms with Gasteiger partial charge in [0, 0.05) is 18.7 Å². The number of hydrogen-bond acceptors (Lipinski definition) is 8. The van der Waals surface area contributed by atoms with E-state index < -0.39 is 27.1 Å². The quantitative estimate of drug-likeness (QED) is 0.105. The van der Waals surface area contributed by atoms with Crippen LogP contribution in [0, 0.1) is 17.0 Å². The fourth-order valence-electron chi connectivity index (χ4n) is 3.23. The van der Waals surface area contributed by atoms with Gasteiger partial charge in [0.15, 0.2) is 0 Å². The SMILES string of the molecule is Cc1ccc(S(=O)(=O)OC[C@H](CCCOCc2ccccc2)OC(=O)c2ccc([N+](=O)[O-])cc2)cc1. The van der Waals surface area contributed by atoms with Crippen LogP contribution in [0.25, 0.3) is 0 Å². The number of benzene rings is 3. The number of nitro benzene ring substituents is 1. The van der Waals surface area contributed by atoms with E-state index in [1.54, 1.807) is 12.1 Å². The maximum atomic E-state index is 12.6. The first kappa shape index (κ1) is 27.0. The Kier molecular flexibility index (Phi) is 9.69. The zero-order valence-electron chi connectivity index (χ0n) is 19.7. The molecule has 0 saturated carbocycles. The molecule has 9 nitrogen and oxygen atoms in total. The van der Waals surface area contributed by atoms with Crippen LogP contribution in [0.1, 0.15) is 34.3 Å². The minimum atomic E-state index is -4.06. The lowest BCUT2D eigenvalue weighted by Gasteiger charge is -2.18. The van der Waals surface area contributed by atoms with Gasteiger partial charge in [0.25, 0.3) is 15.8 Å². The predicted octanol–water partition coefficient (Wildman–Crippen LogP) is 4.83. The molecule has 0 aliphatic heterocycles. The van der Waals surface area contributed by atoms with Crippen LogP contribution in [-0.2, 0) is 30.4 Å². The molecule has 0 aliphatic rings. The molecular weight excluding hydrogens is 486 g/mol. The van der Waals surface area contributed by atoms with E-state index in [1.807, 2.05) is 37.3 Å². The van der Waals surface area contributed by atoms with E-state index in [9.17, 15) is 23.3 Å². The average molecular weight is 514 g/mol. The summed E-state index contributed by atoms with van der Waals surface area (Å²) in [5.41, 5.74) is 1.86. The number of carbonyl (C=O) groups excluding carboxylic acids is 1. The zero-order valence-corrected chi connectivity index (χ0v) is 20.6. The number of ether oxygens (including phenoxy) is 2. The Morgan fingerprint density at radius 1 is 0.972 bits per heavy atom. The molecule has 0 unspecified atom stereocenters. The Balaban J connectivity index is 1.61. The summed E-state index contributed by atoms with van der Waals surface area (Å²) in [5.74, 6) is -0.739. The summed E-state index contributed by atoms with van der Waals surface area (Å²) in [7, 11) is -4.06. The lowest BCUT2D eigenvalue weighted by molar-refractivity contribution is -0.384. The van der Waals surface area contributed by atoms with Gasteiger partial charge in [-0.15, -0.1) is 0 Å². The summed E-state index contributed by atoms with van der Waals surface area (Å²) in [5, 5.41) is 10.8. The molecular formula is C26H27NO8S. The molecule has 36 heavy (non-hydrogen) atoms. The molecule has 10 heteroatoms. The number of aryl methyl sites for hydroxylation is 1. The average Bonchev–Trinajstić information content (AvgIpc) is 2.87. The van der Waals surface area contributed by atoms with Crippen LogP contribution in [0.5, 0.6) is 0 Å². The molecule has 3 rings (SSSR count). The molecule has 0 N–H and O–H groups in total. The minimum Gasteiger partial charge on any atom is -0.456 e. The predicted molar refractivity (Wildman–Crippen MR) is 132 cm³/mol. The van der Waals surface area contributed by atoms with Gasteiger partial charge in [-0.2, -0.15) is 8.42 Å². The standard InChI is InChI=1S/C26H27NO8S/c1-20-9-15-25(16-10-20)36(31,32)34-19-24(8-5-17-33-18-21-6-3-2-4-7-21)35-26(28)22-11-13-23(14-12-22)27(29)30/h2-4,6-7,9-16,24H,5,8,17-19H2,1H3/t24-/m0/s1. The molecule has 1 atom stereocenters. The highest BCUT2D eigenvalue weighted by molar-refractivity contribution is 7.86. The monoisotopic (exact) mass is 513 g/mol. The van der Waals surface area contributed by atoms with E-state index in [4.69, 9.17) is 13.7 Å². The van der Waals surface area contributed by atoms with Gasteiger partial charge < -0.3 is 9.47 Å². The summed E-state index contributed by atoms with van der Waals surface area (Å²) < 4.78 is 41.5. The van der Waals surface area contributed by atoms with Crippen molar-refractivity contribution in [1.29, 1.82) is 0 Å². The Labute approximate surface area is 209 Å². The smallest absolute Gasteiger partial charge is 0.338 e. The maximum absolute atomic E-state index is 12.6. The normalized spacial score (nSPS) is 12.1. The summed E-state index contributed by atoms with van der Waals surface area (Å²) in [6.45, 7) is 2.25. The number of rotatable bonds is 13. The fourth-order valence-corrected chi connectivity index (χ4v) is 4.17. The number of carbonyl (C=O) groups is 1. The summed E-state index contributed by atoms with van der Waals surface area (Å²) in [4.78, 5) is 22.9. The molecule has 0 saturated heterocycles. The van der Waals surface area contributed by atoms with Crippen molar-refractivity contribution in [1.82, 2.24) is 0 Å². The van der Waals surface area contributed by atoms with Crippen LogP contribution in [0.15, 0.2) is 83.8 Å².